The minimum absolute atomic E-state index is 0.547. The molecule has 1 aromatic rings. The van der Waals surface area contributed by atoms with Crippen LogP contribution in [0.2, 0.25) is 0 Å². The maximum Gasteiger partial charge on any atom is 0.0348 e. The molecular weight excluding hydrogens is 298 g/mol. The minimum Gasteiger partial charge on any atom is -0.310 e. The lowest BCUT2D eigenvalue weighted by molar-refractivity contribution is 0.326. The SMILES string of the molecule is CCCNC(c1ccc(Br)cc1)C1CCCCCC1. The monoisotopic (exact) mass is 323 g/mol. The molecule has 0 bridgehead atoms. The van der Waals surface area contributed by atoms with E-state index in [-0.39, 0.29) is 0 Å². The van der Waals surface area contributed by atoms with Crippen LogP contribution in [0.25, 0.3) is 0 Å². The van der Waals surface area contributed by atoms with E-state index in [9.17, 15) is 0 Å². The van der Waals surface area contributed by atoms with Crippen LogP contribution in [0.5, 0.6) is 0 Å². The van der Waals surface area contributed by atoms with Crippen LogP contribution < -0.4 is 5.32 Å². The molecule has 1 atom stereocenters. The fraction of sp³-hybridized carbons (Fsp3) is 0.647. The standard InChI is InChI=1S/C17H26BrN/c1-2-13-19-17(14-7-5-3-4-6-8-14)15-9-11-16(18)12-10-15/h9-12,14,17,19H,2-8,13H2,1H3. The molecule has 106 valence electrons. The lowest BCUT2D eigenvalue weighted by atomic mass is 9.87. The van der Waals surface area contributed by atoms with E-state index in [0.717, 1.165) is 12.5 Å². The van der Waals surface area contributed by atoms with Gasteiger partial charge in [-0.2, -0.15) is 0 Å². The molecule has 1 fully saturated rings. The van der Waals surface area contributed by atoms with Crippen molar-refractivity contribution in [3.05, 3.63) is 34.3 Å². The summed E-state index contributed by atoms with van der Waals surface area (Å²) in [7, 11) is 0. The van der Waals surface area contributed by atoms with Crippen molar-refractivity contribution in [3.8, 4) is 0 Å². The Bertz CT molecular complexity index is 352. The van der Waals surface area contributed by atoms with E-state index in [1.807, 2.05) is 0 Å². The highest BCUT2D eigenvalue weighted by molar-refractivity contribution is 9.10. The van der Waals surface area contributed by atoms with E-state index >= 15 is 0 Å². The molecular formula is C17H26BrN. The predicted molar refractivity (Wildman–Crippen MR) is 86.4 cm³/mol. The van der Waals surface area contributed by atoms with Crippen LogP contribution in [0.1, 0.15) is 63.5 Å². The van der Waals surface area contributed by atoms with Gasteiger partial charge < -0.3 is 5.32 Å². The first-order valence-corrected chi connectivity index (χ1v) is 8.59. The normalized spacial score (nSPS) is 19.1. The Balaban J connectivity index is 2.11. The topological polar surface area (TPSA) is 12.0 Å². The molecule has 1 saturated carbocycles. The van der Waals surface area contributed by atoms with E-state index in [1.54, 1.807) is 0 Å². The lowest BCUT2D eigenvalue weighted by Gasteiger charge is -2.28. The molecule has 0 heterocycles. The summed E-state index contributed by atoms with van der Waals surface area (Å²) in [5.41, 5.74) is 1.46. The lowest BCUT2D eigenvalue weighted by Crippen LogP contribution is -2.29. The van der Waals surface area contributed by atoms with Gasteiger partial charge in [-0.05, 0) is 49.4 Å². The average Bonchev–Trinajstić information content (AvgIpc) is 2.70. The Morgan fingerprint density at radius 3 is 2.32 bits per heavy atom. The number of hydrogen-bond donors (Lipinski definition) is 1. The molecule has 0 radical (unpaired) electrons. The number of rotatable bonds is 5. The molecule has 1 N–H and O–H groups in total. The van der Waals surface area contributed by atoms with Crippen molar-refractivity contribution in [1.29, 1.82) is 0 Å². The van der Waals surface area contributed by atoms with Crippen LogP contribution in [0.15, 0.2) is 28.7 Å². The summed E-state index contributed by atoms with van der Waals surface area (Å²) in [5.74, 6) is 0.815. The van der Waals surface area contributed by atoms with Crippen LogP contribution in [0.4, 0.5) is 0 Å². The summed E-state index contributed by atoms with van der Waals surface area (Å²) in [4.78, 5) is 0. The summed E-state index contributed by atoms with van der Waals surface area (Å²) in [5, 5.41) is 3.79. The van der Waals surface area contributed by atoms with Crippen molar-refractivity contribution in [2.45, 2.75) is 57.9 Å². The highest BCUT2D eigenvalue weighted by atomic mass is 79.9. The molecule has 19 heavy (non-hydrogen) atoms. The molecule has 0 amide bonds. The maximum atomic E-state index is 3.79. The zero-order valence-corrected chi connectivity index (χ0v) is 13.6. The Morgan fingerprint density at radius 2 is 1.74 bits per heavy atom. The first-order valence-electron chi connectivity index (χ1n) is 7.80. The third-order valence-electron chi connectivity index (χ3n) is 4.21. The van der Waals surface area contributed by atoms with Gasteiger partial charge in [0, 0.05) is 10.5 Å². The number of benzene rings is 1. The first-order chi connectivity index (χ1) is 9.31. The number of nitrogens with one attached hydrogen (secondary N) is 1. The van der Waals surface area contributed by atoms with E-state index in [1.165, 1.54) is 55.0 Å². The van der Waals surface area contributed by atoms with Gasteiger partial charge in [0.25, 0.3) is 0 Å². The van der Waals surface area contributed by atoms with Gasteiger partial charge in [-0.3, -0.25) is 0 Å². The fourth-order valence-corrected chi connectivity index (χ4v) is 3.44. The second kappa shape index (κ2) is 8.06. The van der Waals surface area contributed by atoms with E-state index in [2.05, 4.69) is 52.4 Å². The Morgan fingerprint density at radius 1 is 1.11 bits per heavy atom. The third kappa shape index (κ3) is 4.61. The van der Waals surface area contributed by atoms with Gasteiger partial charge in [0.05, 0.1) is 0 Å². The van der Waals surface area contributed by atoms with Crippen molar-refractivity contribution in [3.63, 3.8) is 0 Å². The van der Waals surface area contributed by atoms with Crippen LogP contribution >= 0.6 is 15.9 Å². The largest absolute Gasteiger partial charge is 0.310 e. The maximum absolute atomic E-state index is 3.79. The molecule has 1 aromatic carbocycles. The first kappa shape index (κ1) is 15.1. The van der Waals surface area contributed by atoms with Crippen LogP contribution in [0.3, 0.4) is 0 Å². The molecule has 0 saturated heterocycles. The van der Waals surface area contributed by atoms with E-state index in [0.29, 0.717) is 6.04 Å². The quantitative estimate of drug-likeness (QED) is 0.709. The molecule has 1 aliphatic carbocycles. The molecule has 0 spiro atoms. The average molecular weight is 324 g/mol. The van der Waals surface area contributed by atoms with Crippen LogP contribution in [-0.4, -0.2) is 6.54 Å². The summed E-state index contributed by atoms with van der Waals surface area (Å²) in [6.07, 6.45) is 9.65. The minimum atomic E-state index is 0.547. The predicted octanol–water partition coefficient (Wildman–Crippen LogP) is 5.46. The molecule has 1 unspecified atom stereocenters. The van der Waals surface area contributed by atoms with Crippen LogP contribution in [-0.2, 0) is 0 Å². The molecule has 1 aliphatic rings. The highest BCUT2D eigenvalue weighted by Crippen LogP contribution is 2.34. The third-order valence-corrected chi connectivity index (χ3v) is 4.74. The molecule has 0 aliphatic heterocycles. The second-order valence-corrected chi connectivity index (χ2v) is 6.65. The molecule has 0 aromatic heterocycles. The van der Waals surface area contributed by atoms with Crippen molar-refractivity contribution < 1.29 is 0 Å². The Labute approximate surface area is 126 Å². The number of hydrogen-bond acceptors (Lipinski definition) is 1. The molecule has 1 nitrogen and oxygen atoms in total. The van der Waals surface area contributed by atoms with Gasteiger partial charge in [-0.1, -0.05) is 60.7 Å². The number of halogens is 1. The molecule has 2 rings (SSSR count). The molecule has 2 heteroatoms. The van der Waals surface area contributed by atoms with E-state index in [4.69, 9.17) is 0 Å². The smallest absolute Gasteiger partial charge is 0.0348 e. The van der Waals surface area contributed by atoms with Gasteiger partial charge in [0.15, 0.2) is 0 Å². The fourth-order valence-electron chi connectivity index (χ4n) is 3.17. The van der Waals surface area contributed by atoms with Gasteiger partial charge in [-0.15, -0.1) is 0 Å². The van der Waals surface area contributed by atoms with Crippen molar-refractivity contribution in [2.75, 3.05) is 6.54 Å². The summed E-state index contributed by atoms with van der Waals surface area (Å²) >= 11 is 3.54. The second-order valence-electron chi connectivity index (χ2n) is 5.73. The van der Waals surface area contributed by atoms with Gasteiger partial charge in [0.2, 0.25) is 0 Å². The van der Waals surface area contributed by atoms with Crippen molar-refractivity contribution in [1.82, 2.24) is 5.32 Å². The van der Waals surface area contributed by atoms with E-state index < -0.39 is 0 Å². The van der Waals surface area contributed by atoms with Crippen LogP contribution in [0, 0.1) is 5.92 Å². The zero-order valence-electron chi connectivity index (χ0n) is 12.0. The van der Waals surface area contributed by atoms with Crippen molar-refractivity contribution >= 4 is 15.9 Å². The Hall–Kier alpha value is -0.340. The van der Waals surface area contributed by atoms with Gasteiger partial charge in [0.1, 0.15) is 0 Å². The highest BCUT2D eigenvalue weighted by Gasteiger charge is 2.23. The summed E-state index contributed by atoms with van der Waals surface area (Å²) in [6.45, 7) is 3.37. The van der Waals surface area contributed by atoms with Gasteiger partial charge >= 0.3 is 0 Å². The Kier molecular flexibility index (Phi) is 6.39. The van der Waals surface area contributed by atoms with Crippen molar-refractivity contribution in [2.24, 2.45) is 5.92 Å². The summed E-state index contributed by atoms with van der Waals surface area (Å²) in [6, 6.07) is 9.45. The van der Waals surface area contributed by atoms with Gasteiger partial charge in [-0.25, -0.2) is 0 Å². The summed E-state index contributed by atoms with van der Waals surface area (Å²) < 4.78 is 1.17. The zero-order chi connectivity index (χ0) is 13.5.